The largest absolute Gasteiger partial charge is 0.508 e. The number of phenolic OH excluding ortho intramolecular Hbond substituents is 1. The van der Waals surface area contributed by atoms with Crippen LogP contribution in [0.3, 0.4) is 0 Å². The van der Waals surface area contributed by atoms with Crippen molar-refractivity contribution in [3.05, 3.63) is 89.7 Å². The van der Waals surface area contributed by atoms with Crippen molar-refractivity contribution in [1.29, 1.82) is 0 Å². The first-order valence-electron chi connectivity index (χ1n) is 10.9. The average molecular weight is 428 g/mol. The van der Waals surface area contributed by atoms with Gasteiger partial charge in [0.1, 0.15) is 18.1 Å². The van der Waals surface area contributed by atoms with Crippen molar-refractivity contribution in [1.82, 2.24) is 14.9 Å². The first kappa shape index (κ1) is 21.7. The molecule has 0 saturated heterocycles. The lowest BCUT2D eigenvalue weighted by Crippen LogP contribution is -2.15. The highest BCUT2D eigenvalue weighted by Crippen LogP contribution is 2.36. The van der Waals surface area contributed by atoms with Crippen LogP contribution >= 0.6 is 0 Å². The molecule has 0 saturated carbocycles. The van der Waals surface area contributed by atoms with E-state index in [1.807, 2.05) is 49.3 Å². The minimum absolute atomic E-state index is 0.260. The zero-order chi connectivity index (χ0) is 22.5. The van der Waals surface area contributed by atoms with Gasteiger partial charge in [-0.2, -0.15) is 0 Å². The van der Waals surface area contributed by atoms with Crippen molar-refractivity contribution < 1.29 is 9.84 Å². The van der Waals surface area contributed by atoms with Crippen molar-refractivity contribution in [2.45, 2.75) is 13.3 Å². The van der Waals surface area contributed by atoms with Crippen LogP contribution in [0.1, 0.15) is 30.0 Å². The van der Waals surface area contributed by atoms with E-state index >= 15 is 0 Å². The highest BCUT2D eigenvalue weighted by Gasteiger charge is 2.15. The molecule has 0 atom stereocenters. The molecule has 164 valence electrons. The molecule has 0 fully saturated rings. The van der Waals surface area contributed by atoms with Crippen LogP contribution in [0.25, 0.3) is 22.2 Å². The highest BCUT2D eigenvalue weighted by molar-refractivity contribution is 5.99. The van der Waals surface area contributed by atoms with Gasteiger partial charge in [-0.3, -0.25) is 0 Å². The summed E-state index contributed by atoms with van der Waals surface area (Å²) in [5.41, 5.74) is 7.82. The number of rotatable bonds is 8. The van der Waals surface area contributed by atoms with E-state index in [9.17, 15) is 5.11 Å². The van der Waals surface area contributed by atoms with Crippen molar-refractivity contribution in [3.63, 3.8) is 0 Å². The monoisotopic (exact) mass is 427 g/mol. The Morgan fingerprint density at radius 1 is 0.969 bits per heavy atom. The number of aromatic nitrogens is 2. The molecular formula is C27H29N3O2. The summed E-state index contributed by atoms with van der Waals surface area (Å²) in [7, 11) is 3.93. The predicted molar refractivity (Wildman–Crippen MR) is 131 cm³/mol. The number of aryl methyl sites for hydroxylation is 1. The molecule has 0 amide bonds. The molecule has 0 radical (unpaired) electrons. The van der Waals surface area contributed by atoms with Crippen LogP contribution in [0.2, 0.25) is 0 Å². The lowest BCUT2D eigenvalue weighted by atomic mass is 9.88. The second kappa shape index (κ2) is 9.71. The number of fused-ring (bicyclic) bond motifs is 1. The minimum Gasteiger partial charge on any atom is -0.508 e. The van der Waals surface area contributed by atoms with Crippen LogP contribution in [-0.4, -0.2) is 34.9 Å². The standard InChI is InChI=1S/C27H29N3O2/c1-4-24(21-9-14-25-26(17-21)30(3)18-29-25)27(19-5-10-22(31)11-6-19)20-7-12-23(13-8-20)32-16-15-28-2/h5-14,17-18,28,31H,4,15-16H2,1-3H3/b27-24+. The van der Waals surface area contributed by atoms with Crippen molar-refractivity contribution in [2.75, 3.05) is 20.2 Å². The SMILES string of the molecule is CC/C(=C(/c1ccc(O)cc1)c1ccc(OCCNC)cc1)c1ccc2ncn(C)c2c1. The van der Waals surface area contributed by atoms with E-state index in [0.29, 0.717) is 6.61 Å². The first-order chi connectivity index (χ1) is 15.6. The Morgan fingerprint density at radius 2 is 1.62 bits per heavy atom. The van der Waals surface area contributed by atoms with Gasteiger partial charge in [-0.25, -0.2) is 4.98 Å². The molecule has 0 aliphatic rings. The zero-order valence-corrected chi connectivity index (χ0v) is 18.8. The molecule has 32 heavy (non-hydrogen) atoms. The van der Waals surface area contributed by atoms with Crippen LogP contribution in [0.4, 0.5) is 0 Å². The van der Waals surface area contributed by atoms with Gasteiger partial charge in [0, 0.05) is 13.6 Å². The highest BCUT2D eigenvalue weighted by atomic mass is 16.5. The molecule has 0 bridgehead atoms. The van der Waals surface area contributed by atoms with E-state index in [2.05, 4.69) is 47.6 Å². The number of nitrogens with zero attached hydrogens (tertiary/aromatic N) is 2. The maximum Gasteiger partial charge on any atom is 0.119 e. The molecule has 1 heterocycles. The van der Waals surface area contributed by atoms with E-state index in [0.717, 1.165) is 46.4 Å². The summed E-state index contributed by atoms with van der Waals surface area (Å²) < 4.78 is 7.85. The van der Waals surface area contributed by atoms with E-state index in [1.54, 1.807) is 12.1 Å². The van der Waals surface area contributed by atoms with E-state index in [1.165, 1.54) is 11.1 Å². The third-order valence-electron chi connectivity index (χ3n) is 5.65. The Morgan fingerprint density at radius 3 is 2.28 bits per heavy atom. The fraction of sp³-hybridized carbons (Fsp3) is 0.222. The van der Waals surface area contributed by atoms with Crippen molar-refractivity contribution in [2.24, 2.45) is 7.05 Å². The van der Waals surface area contributed by atoms with Crippen LogP contribution in [-0.2, 0) is 7.05 Å². The Balaban J connectivity index is 1.84. The number of nitrogens with one attached hydrogen (secondary N) is 1. The van der Waals surface area contributed by atoms with Gasteiger partial charge in [0.15, 0.2) is 0 Å². The molecule has 2 N–H and O–H groups in total. The second-order valence-electron chi connectivity index (χ2n) is 7.79. The van der Waals surface area contributed by atoms with Gasteiger partial charge in [0.05, 0.1) is 17.4 Å². The number of hydrogen-bond donors (Lipinski definition) is 2. The van der Waals surface area contributed by atoms with Gasteiger partial charge in [0.2, 0.25) is 0 Å². The molecule has 3 aromatic carbocycles. The number of hydrogen-bond acceptors (Lipinski definition) is 4. The predicted octanol–water partition coefficient (Wildman–Crippen LogP) is 5.25. The summed E-state index contributed by atoms with van der Waals surface area (Å²) in [5.74, 6) is 1.11. The van der Waals surface area contributed by atoms with Gasteiger partial charge < -0.3 is 19.7 Å². The van der Waals surface area contributed by atoms with Gasteiger partial charge in [-0.1, -0.05) is 37.3 Å². The number of imidazole rings is 1. The van der Waals surface area contributed by atoms with Crippen LogP contribution in [0.15, 0.2) is 73.1 Å². The minimum atomic E-state index is 0.260. The Hall–Kier alpha value is -3.57. The summed E-state index contributed by atoms with van der Waals surface area (Å²) in [4.78, 5) is 4.46. The van der Waals surface area contributed by atoms with E-state index in [-0.39, 0.29) is 5.75 Å². The molecule has 5 heteroatoms. The maximum atomic E-state index is 9.84. The lowest BCUT2D eigenvalue weighted by molar-refractivity contribution is 0.318. The quantitative estimate of drug-likeness (QED) is 0.298. The van der Waals surface area contributed by atoms with Gasteiger partial charge in [-0.05, 0) is 77.7 Å². The van der Waals surface area contributed by atoms with Crippen molar-refractivity contribution in [3.8, 4) is 11.5 Å². The average Bonchev–Trinajstić information content (AvgIpc) is 3.19. The van der Waals surface area contributed by atoms with Gasteiger partial charge in [0.25, 0.3) is 0 Å². The summed E-state index contributed by atoms with van der Waals surface area (Å²) in [6.07, 6.45) is 2.71. The number of aromatic hydroxyl groups is 1. The van der Waals surface area contributed by atoms with Crippen molar-refractivity contribution >= 4 is 22.2 Å². The summed E-state index contributed by atoms with van der Waals surface area (Å²) >= 11 is 0. The first-order valence-corrected chi connectivity index (χ1v) is 10.9. The van der Waals surface area contributed by atoms with E-state index in [4.69, 9.17) is 4.74 Å². The third-order valence-corrected chi connectivity index (χ3v) is 5.65. The fourth-order valence-electron chi connectivity index (χ4n) is 3.97. The summed E-state index contributed by atoms with van der Waals surface area (Å²) in [6, 6.07) is 22.1. The molecule has 0 unspecified atom stereocenters. The number of phenols is 1. The molecule has 5 nitrogen and oxygen atoms in total. The van der Waals surface area contributed by atoms with Crippen LogP contribution < -0.4 is 10.1 Å². The zero-order valence-electron chi connectivity index (χ0n) is 18.8. The molecule has 0 aliphatic carbocycles. The second-order valence-corrected chi connectivity index (χ2v) is 7.79. The molecule has 4 rings (SSSR count). The molecule has 0 aliphatic heterocycles. The Kier molecular flexibility index (Phi) is 6.57. The molecule has 0 spiro atoms. The van der Waals surface area contributed by atoms with Gasteiger partial charge >= 0.3 is 0 Å². The summed E-state index contributed by atoms with van der Waals surface area (Å²) in [5, 5.41) is 12.9. The Labute approximate surface area is 189 Å². The van der Waals surface area contributed by atoms with E-state index < -0.39 is 0 Å². The van der Waals surface area contributed by atoms with Crippen LogP contribution in [0.5, 0.6) is 11.5 Å². The normalized spacial score (nSPS) is 12.1. The summed E-state index contributed by atoms with van der Waals surface area (Å²) in [6.45, 7) is 3.61. The number of likely N-dealkylation sites (N-methyl/N-ethyl adjacent to an activating group) is 1. The maximum absolute atomic E-state index is 9.84. The smallest absolute Gasteiger partial charge is 0.119 e. The number of benzene rings is 3. The fourth-order valence-corrected chi connectivity index (χ4v) is 3.97. The number of ether oxygens (including phenoxy) is 1. The van der Waals surface area contributed by atoms with Crippen LogP contribution in [0, 0.1) is 0 Å². The topological polar surface area (TPSA) is 59.3 Å². The molecule has 1 aromatic heterocycles. The van der Waals surface area contributed by atoms with Gasteiger partial charge in [-0.15, -0.1) is 0 Å². The lowest BCUT2D eigenvalue weighted by Gasteiger charge is -2.17. The molecular weight excluding hydrogens is 398 g/mol. The Bertz CT molecular complexity index is 1220. The third kappa shape index (κ3) is 4.53. The number of allylic oxidation sites excluding steroid dienone is 1. The molecule has 4 aromatic rings.